The fourth-order valence-corrected chi connectivity index (χ4v) is 3.65. The van der Waals surface area contributed by atoms with Crippen molar-refractivity contribution in [2.75, 3.05) is 17.0 Å². The van der Waals surface area contributed by atoms with Gasteiger partial charge in [-0.3, -0.25) is 4.72 Å². The number of benzene rings is 1. The van der Waals surface area contributed by atoms with Gasteiger partial charge in [0.2, 0.25) is 10.0 Å². The van der Waals surface area contributed by atoms with Crippen LogP contribution in [0.1, 0.15) is 31.4 Å². The van der Waals surface area contributed by atoms with E-state index in [4.69, 9.17) is 0 Å². The smallest absolute Gasteiger partial charge is 0.232 e. The molecule has 1 heterocycles. The fourth-order valence-electron chi connectivity index (χ4n) is 2.24. The fraction of sp³-hybridized carbons (Fsp3) is 0.571. The Morgan fingerprint density at radius 2 is 2.16 bits per heavy atom. The Bertz CT molecular complexity index is 538. The standard InChI is InChI=1S/C14H22N2O2S/c1-11(2)7-9-19(17,18)16-14-5-3-4-12-10-15-8-6-13(12)14/h3-5,11,15-16H,6-10H2,1-2H3. The average molecular weight is 282 g/mol. The van der Waals surface area contributed by atoms with Gasteiger partial charge in [0.1, 0.15) is 0 Å². The molecule has 1 aromatic carbocycles. The van der Waals surface area contributed by atoms with Crippen LogP contribution in [0.15, 0.2) is 18.2 Å². The molecule has 0 atom stereocenters. The molecule has 0 saturated carbocycles. The molecule has 0 aliphatic carbocycles. The van der Waals surface area contributed by atoms with E-state index < -0.39 is 10.0 Å². The Hall–Kier alpha value is -1.07. The van der Waals surface area contributed by atoms with E-state index in [2.05, 4.69) is 10.0 Å². The molecular weight excluding hydrogens is 260 g/mol. The molecule has 0 saturated heterocycles. The third-order valence-electron chi connectivity index (χ3n) is 3.37. The molecule has 1 aromatic rings. The SMILES string of the molecule is CC(C)CCS(=O)(=O)Nc1cccc2c1CCNC2. The van der Waals surface area contributed by atoms with Gasteiger partial charge in [-0.25, -0.2) is 8.42 Å². The molecular formula is C14H22N2O2S. The second kappa shape index (κ2) is 5.92. The lowest BCUT2D eigenvalue weighted by molar-refractivity contribution is 0.577. The van der Waals surface area contributed by atoms with E-state index in [1.165, 1.54) is 5.56 Å². The first-order chi connectivity index (χ1) is 8.98. The maximum absolute atomic E-state index is 12.1. The number of hydrogen-bond acceptors (Lipinski definition) is 3. The Balaban J connectivity index is 2.15. The highest BCUT2D eigenvalue weighted by Gasteiger charge is 2.17. The van der Waals surface area contributed by atoms with Gasteiger partial charge < -0.3 is 5.32 Å². The molecule has 2 rings (SSSR count). The molecule has 4 nitrogen and oxygen atoms in total. The van der Waals surface area contributed by atoms with E-state index in [-0.39, 0.29) is 5.75 Å². The van der Waals surface area contributed by atoms with Crippen molar-refractivity contribution in [3.05, 3.63) is 29.3 Å². The predicted molar refractivity (Wildman–Crippen MR) is 78.7 cm³/mol. The molecule has 0 spiro atoms. The summed E-state index contributed by atoms with van der Waals surface area (Å²) >= 11 is 0. The second-order valence-electron chi connectivity index (χ2n) is 5.47. The van der Waals surface area contributed by atoms with E-state index in [1.807, 2.05) is 32.0 Å². The minimum Gasteiger partial charge on any atom is -0.312 e. The zero-order chi connectivity index (χ0) is 13.9. The van der Waals surface area contributed by atoms with Crippen LogP contribution in [0.2, 0.25) is 0 Å². The molecule has 19 heavy (non-hydrogen) atoms. The highest BCUT2D eigenvalue weighted by Crippen LogP contribution is 2.24. The molecule has 5 heteroatoms. The summed E-state index contributed by atoms with van der Waals surface area (Å²) in [6.45, 7) is 5.78. The van der Waals surface area contributed by atoms with Gasteiger partial charge >= 0.3 is 0 Å². The third-order valence-corrected chi connectivity index (χ3v) is 4.67. The van der Waals surface area contributed by atoms with Crippen LogP contribution in [-0.2, 0) is 23.0 Å². The lowest BCUT2D eigenvalue weighted by atomic mass is 9.99. The minimum atomic E-state index is -3.23. The molecule has 106 valence electrons. The number of hydrogen-bond donors (Lipinski definition) is 2. The topological polar surface area (TPSA) is 58.2 Å². The van der Waals surface area contributed by atoms with E-state index in [0.29, 0.717) is 12.3 Å². The summed E-state index contributed by atoms with van der Waals surface area (Å²) in [4.78, 5) is 0. The molecule has 2 N–H and O–H groups in total. The third kappa shape index (κ3) is 3.94. The summed E-state index contributed by atoms with van der Waals surface area (Å²) < 4.78 is 26.9. The maximum atomic E-state index is 12.1. The molecule has 0 bridgehead atoms. The highest BCUT2D eigenvalue weighted by atomic mass is 32.2. The highest BCUT2D eigenvalue weighted by molar-refractivity contribution is 7.92. The largest absolute Gasteiger partial charge is 0.312 e. The number of fused-ring (bicyclic) bond motifs is 1. The van der Waals surface area contributed by atoms with E-state index >= 15 is 0 Å². The predicted octanol–water partition coefficient (Wildman–Crippen LogP) is 2.12. The van der Waals surface area contributed by atoms with Gasteiger partial charge in [-0.1, -0.05) is 26.0 Å². The molecule has 1 aliphatic rings. The Labute approximate surface area is 115 Å². The Kier molecular flexibility index (Phi) is 4.47. The first-order valence-electron chi connectivity index (χ1n) is 6.80. The summed E-state index contributed by atoms with van der Waals surface area (Å²) in [5.41, 5.74) is 3.08. The molecule has 0 fully saturated rings. The lowest BCUT2D eigenvalue weighted by Gasteiger charge is -2.21. The number of nitrogens with one attached hydrogen (secondary N) is 2. The first kappa shape index (κ1) is 14.3. The molecule has 0 amide bonds. The van der Waals surface area contributed by atoms with Crippen LogP contribution in [0.3, 0.4) is 0 Å². The van der Waals surface area contributed by atoms with Gasteiger partial charge in [0, 0.05) is 6.54 Å². The first-order valence-corrected chi connectivity index (χ1v) is 8.45. The second-order valence-corrected chi connectivity index (χ2v) is 7.32. The van der Waals surface area contributed by atoms with Gasteiger partial charge in [-0.2, -0.15) is 0 Å². The Morgan fingerprint density at radius 3 is 2.89 bits per heavy atom. The summed E-state index contributed by atoms with van der Waals surface area (Å²) in [6, 6.07) is 5.82. The van der Waals surface area contributed by atoms with Crippen LogP contribution < -0.4 is 10.0 Å². The van der Waals surface area contributed by atoms with Crippen molar-refractivity contribution >= 4 is 15.7 Å². The molecule has 0 unspecified atom stereocenters. The summed E-state index contributed by atoms with van der Waals surface area (Å²) in [7, 11) is -3.23. The normalized spacial score (nSPS) is 15.3. The molecule has 0 aromatic heterocycles. The summed E-state index contributed by atoms with van der Waals surface area (Å²) in [5, 5.41) is 3.29. The Morgan fingerprint density at radius 1 is 1.37 bits per heavy atom. The quantitative estimate of drug-likeness (QED) is 0.869. The van der Waals surface area contributed by atoms with E-state index in [0.717, 1.165) is 30.8 Å². The van der Waals surface area contributed by atoms with E-state index in [1.54, 1.807) is 0 Å². The zero-order valence-electron chi connectivity index (χ0n) is 11.6. The maximum Gasteiger partial charge on any atom is 0.232 e. The van der Waals surface area contributed by atoms with E-state index in [9.17, 15) is 8.42 Å². The van der Waals surface area contributed by atoms with Gasteiger partial charge in [0.15, 0.2) is 0 Å². The van der Waals surface area contributed by atoms with Crippen molar-refractivity contribution < 1.29 is 8.42 Å². The number of sulfonamides is 1. The van der Waals surface area contributed by atoms with Crippen LogP contribution in [0, 0.1) is 5.92 Å². The minimum absolute atomic E-state index is 0.187. The summed E-state index contributed by atoms with van der Waals surface area (Å²) in [6.07, 6.45) is 1.56. The van der Waals surface area contributed by atoms with Crippen LogP contribution >= 0.6 is 0 Å². The number of rotatable bonds is 5. The van der Waals surface area contributed by atoms with Crippen molar-refractivity contribution in [3.63, 3.8) is 0 Å². The van der Waals surface area contributed by atoms with Crippen LogP contribution in [0.5, 0.6) is 0 Å². The van der Waals surface area contributed by atoms with Gasteiger partial charge in [-0.05, 0) is 42.5 Å². The summed E-state index contributed by atoms with van der Waals surface area (Å²) in [5.74, 6) is 0.581. The van der Waals surface area contributed by atoms with Gasteiger partial charge in [0.05, 0.1) is 11.4 Å². The van der Waals surface area contributed by atoms with Crippen LogP contribution in [0.4, 0.5) is 5.69 Å². The van der Waals surface area contributed by atoms with Crippen molar-refractivity contribution in [1.29, 1.82) is 0 Å². The molecule has 1 aliphatic heterocycles. The van der Waals surface area contributed by atoms with Crippen molar-refractivity contribution in [2.24, 2.45) is 5.92 Å². The zero-order valence-corrected chi connectivity index (χ0v) is 12.4. The van der Waals surface area contributed by atoms with Gasteiger partial charge in [0.25, 0.3) is 0 Å². The number of anilines is 1. The monoisotopic (exact) mass is 282 g/mol. The average Bonchev–Trinajstić information content (AvgIpc) is 2.37. The van der Waals surface area contributed by atoms with Crippen LogP contribution in [0.25, 0.3) is 0 Å². The van der Waals surface area contributed by atoms with Crippen molar-refractivity contribution in [3.8, 4) is 0 Å². The van der Waals surface area contributed by atoms with Crippen LogP contribution in [-0.4, -0.2) is 20.7 Å². The van der Waals surface area contributed by atoms with Gasteiger partial charge in [-0.15, -0.1) is 0 Å². The van der Waals surface area contributed by atoms with Crippen molar-refractivity contribution in [1.82, 2.24) is 5.32 Å². The molecule has 0 radical (unpaired) electrons. The lowest BCUT2D eigenvalue weighted by Crippen LogP contribution is -2.26. The van der Waals surface area contributed by atoms with Crippen molar-refractivity contribution in [2.45, 2.75) is 33.2 Å².